The molecule has 1 aliphatic rings. The monoisotopic (exact) mass is 499 g/mol. The Hall–Kier alpha value is -4.19. The average molecular weight is 499 g/mol. The lowest BCUT2D eigenvalue weighted by atomic mass is 10.1. The molecule has 1 saturated heterocycles. The van der Waals surface area contributed by atoms with Crippen LogP contribution in [0.3, 0.4) is 0 Å². The summed E-state index contributed by atoms with van der Waals surface area (Å²) in [4.78, 5) is 61.6. The van der Waals surface area contributed by atoms with Gasteiger partial charge in [0.2, 0.25) is 5.78 Å². The number of aromatic nitrogens is 4. The molecule has 2 aromatic heterocycles. The number of ether oxygens (including phenoxy) is 4. The van der Waals surface area contributed by atoms with Gasteiger partial charge in [-0.2, -0.15) is 0 Å². The second-order valence-electron chi connectivity index (χ2n) is 7.90. The first kappa shape index (κ1) is 21.1. The number of nitrogens with zero attached hydrogens (tertiary/aromatic N) is 4. The molecule has 0 amide bonds. The van der Waals surface area contributed by atoms with E-state index in [2.05, 4.69) is 15.0 Å². The number of carbonyl (C=O) groups excluding carboxylic acids is 4. The summed E-state index contributed by atoms with van der Waals surface area (Å²) in [5.74, 6) is -3.19. The number of benzene rings is 1. The predicted octanol–water partition coefficient (Wildman–Crippen LogP) is 1.69. The van der Waals surface area contributed by atoms with E-state index in [4.69, 9.17) is 23.1 Å². The first-order valence-electron chi connectivity index (χ1n) is 12.8. The number of carbonyl (C=O) groups is 4. The van der Waals surface area contributed by atoms with Crippen molar-refractivity contribution in [1.29, 1.82) is 0 Å². The minimum Gasteiger partial charge on any atom is -0.463 e. The lowest BCUT2D eigenvalue weighted by molar-refractivity contribution is -0.166. The molecule has 1 aliphatic heterocycles. The fraction of sp³-hybridized carbons (Fsp3) is 0.375. The van der Waals surface area contributed by atoms with Gasteiger partial charge in [-0.05, 0) is 13.0 Å². The number of fused-ring (bicyclic) bond motifs is 1. The van der Waals surface area contributed by atoms with Crippen LogP contribution in [0.4, 0.5) is 0 Å². The van der Waals surface area contributed by atoms with Crippen molar-refractivity contribution in [2.75, 3.05) is 6.61 Å². The van der Waals surface area contributed by atoms with E-state index in [1.165, 1.54) is 10.9 Å². The van der Waals surface area contributed by atoms with Crippen LogP contribution in [0.2, 0.25) is 0 Å². The molecule has 4 rings (SSSR count). The van der Waals surface area contributed by atoms with E-state index >= 15 is 0 Å². The lowest BCUT2D eigenvalue weighted by Crippen LogP contribution is -2.40. The average Bonchev–Trinajstić information content (AvgIpc) is 3.52. The lowest BCUT2D eigenvalue weighted by Gasteiger charge is -2.23. The number of hydrogen-bond acceptors (Lipinski definition) is 11. The van der Waals surface area contributed by atoms with Crippen molar-refractivity contribution in [3.05, 3.63) is 53.7 Å². The molecule has 12 nitrogen and oxygen atoms in total. The van der Waals surface area contributed by atoms with Crippen LogP contribution in [-0.2, 0) is 33.3 Å². The van der Waals surface area contributed by atoms with Crippen LogP contribution in [0.25, 0.3) is 11.2 Å². The van der Waals surface area contributed by atoms with Gasteiger partial charge in [-0.3, -0.25) is 23.7 Å². The zero-order valence-electron chi connectivity index (χ0n) is 22.2. The van der Waals surface area contributed by atoms with Crippen LogP contribution >= 0.6 is 0 Å². The van der Waals surface area contributed by atoms with Gasteiger partial charge in [0.15, 0.2) is 24.1 Å². The Kier molecular flexibility index (Phi) is 5.98. The van der Waals surface area contributed by atoms with Crippen molar-refractivity contribution in [2.24, 2.45) is 0 Å². The highest BCUT2D eigenvalue weighted by atomic mass is 16.7. The molecule has 0 spiro atoms. The number of ketones is 1. The Morgan fingerprint density at radius 1 is 1.03 bits per heavy atom. The third-order valence-corrected chi connectivity index (χ3v) is 5.36. The van der Waals surface area contributed by atoms with Crippen molar-refractivity contribution in [3.63, 3.8) is 0 Å². The SMILES string of the molecule is [2H]CC(=O)OC[C@H]1OC(n2cnc3c(C(=O)c4cccc(C)c4)ncnc32)[C@H](OC(=O)C[2H])[C@@H]1OC(=O)C[2H]. The number of esters is 3. The van der Waals surface area contributed by atoms with Gasteiger partial charge in [-0.1, -0.05) is 23.8 Å². The smallest absolute Gasteiger partial charge is 0.303 e. The van der Waals surface area contributed by atoms with Gasteiger partial charge >= 0.3 is 17.9 Å². The molecule has 4 atom stereocenters. The van der Waals surface area contributed by atoms with Crippen molar-refractivity contribution in [3.8, 4) is 0 Å². The highest BCUT2D eigenvalue weighted by molar-refractivity contribution is 6.13. The van der Waals surface area contributed by atoms with Crippen LogP contribution in [0, 0.1) is 6.92 Å². The Labute approximate surface area is 209 Å². The molecule has 3 aromatic rings. The van der Waals surface area contributed by atoms with E-state index in [-0.39, 0.29) is 16.9 Å². The van der Waals surface area contributed by atoms with Gasteiger partial charge in [0.25, 0.3) is 0 Å². The third kappa shape index (κ3) is 5.08. The van der Waals surface area contributed by atoms with Gasteiger partial charge in [-0.25, -0.2) is 15.0 Å². The highest BCUT2D eigenvalue weighted by Gasteiger charge is 2.51. The van der Waals surface area contributed by atoms with E-state index in [0.717, 1.165) is 11.9 Å². The summed E-state index contributed by atoms with van der Waals surface area (Å²) >= 11 is 0. The van der Waals surface area contributed by atoms with Gasteiger partial charge in [0.1, 0.15) is 30.2 Å². The minimum atomic E-state index is -1.36. The fourth-order valence-electron chi connectivity index (χ4n) is 3.94. The maximum Gasteiger partial charge on any atom is 0.303 e. The molecule has 0 saturated carbocycles. The van der Waals surface area contributed by atoms with Crippen molar-refractivity contribution in [1.82, 2.24) is 19.5 Å². The second kappa shape index (κ2) is 10.2. The fourth-order valence-corrected chi connectivity index (χ4v) is 3.94. The number of rotatable bonds is 7. The maximum absolute atomic E-state index is 13.2. The Morgan fingerprint density at radius 3 is 2.50 bits per heavy atom. The first-order chi connectivity index (χ1) is 18.8. The standard InChI is InChI=1S/C24H24N4O8/c1-12-6-5-7-16(8-12)20(32)18-19-23(26-10-25-18)28(11-27-19)24-22(35-15(4)31)21(34-14(3)30)17(36-24)9-33-13(2)29/h5-8,10-11,17,21-22,24H,9H2,1-4H3/t17-,21-,22-,24?/m1/s1/i2D,3D,4D. The first-order valence-corrected chi connectivity index (χ1v) is 10.6. The Balaban J connectivity index is 1.75. The molecule has 0 radical (unpaired) electrons. The molecule has 188 valence electrons. The van der Waals surface area contributed by atoms with E-state index in [1.807, 2.05) is 13.0 Å². The summed E-state index contributed by atoms with van der Waals surface area (Å²) in [7, 11) is 0. The number of imidazole rings is 1. The molecule has 1 aromatic carbocycles. The Bertz CT molecular complexity index is 1400. The molecule has 3 heterocycles. The van der Waals surface area contributed by atoms with Crippen molar-refractivity contribution >= 4 is 34.9 Å². The molecule has 0 bridgehead atoms. The van der Waals surface area contributed by atoms with Crippen molar-refractivity contribution < 1.29 is 42.2 Å². The summed E-state index contributed by atoms with van der Waals surface area (Å²) in [5.41, 5.74) is 1.54. The van der Waals surface area contributed by atoms with E-state index in [9.17, 15) is 19.2 Å². The molecule has 1 fully saturated rings. The Morgan fingerprint density at radius 2 is 1.78 bits per heavy atom. The van der Waals surface area contributed by atoms with Gasteiger partial charge in [0.05, 0.1) is 6.33 Å². The summed E-state index contributed by atoms with van der Waals surface area (Å²) < 4.78 is 44.8. The van der Waals surface area contributed by atoms with E-state index < -0.39 is 75.5 Å². The van der Waals surface area contributed by atoms with Crippen LogP contribution in [0.15, 0.2) is 36.9 Å². The zero-order chi connectivity index (χ0) is 28.1. The summed E-state index contributed by atoms with van der Waals surface area (Å²) in [6, 6.07) is 6.93. The van der Waals surface area contributed by atoms with Crippen LogP contribution in [0.1, 0.15) is 52.7 Å². The predicted molar refractivity (Wildman–Crippen MR) is 122 cm³/mol. The van der Waals surface area contributed by atoms with Crippen LogP contribution in [0.5, 0.6) is 0 Å². The third-order valence-electron chi connectivity index (χ3n) is 5.36. The molecule has 0 N–H and O–H groups in total. The molecule has 1 unspecified atom stereocenters. The van der Waals surface area contributed by atoms with Crippen LogP contribution in [-0.4, -0.2) is 68.1 Å². The van der Waals surface area contributed by atoms with E-state index in [1.54, 1.807) is 18.2 Å². The molecule has 0 aliphatic carbocycles. The minimum absolute atomic E-state index is 0.0140. The van der Waals surface area contributed by atoms with Gasteiger partial charge in [-0.15, -0.1) is 0 Å². The normalized spacial score (nSPS) is 22.3. The summed E-state index contributed by atoms with van der Waals surface area (Å²) in [6.45, 7) is -0.768. The number of hydrogen-bond donors (Lipinski definition) is 0. The quantitative estimate of drug-likeness (QED) is 0.265. The van der Waals surface area contributed by atoms with Gasteiger partial charge in [0, 0.05) is 30.4 Å². The molecule has 36 heavy (non-hydrogen) atoms. The second-order valence-corrected chi connectivity index (χ2v) is 7.90. The molecule has 12 heteroatoms. The zero-order valence-corrected chi connectivity index (χ0v) is 19.2. The van der Waals surface area contributed by atoms with Gasteiger partial charge < -0.3 is 18.9 Å². The summed E-state index contributed by atoms with van der Waals surface area (Å²) in [6.07, 6.45) is -2.67. The van der Waals surface area contributed by atoms with E-state index in [0.29, 0.717) is 5.56 Å². The largest absolute Gasteiger partial charge is 0.463 e. The highest BCUT2D eigenvalue weighted by Crippen LogP contribution is 2.36. The van der Waals surface area contributed by atoms with Crippen molar-refractivity contribution in [2.45, 2.75) is 52.2 Å². The maximum atomic E-state index is 13.2. The topological polar surface area (TPSA) is 149 Å². The summed E-state index contributed by atoms with van der Waals surface area (Å²) in [5, 5.41) is 0. The molecular formula is C24H24N4O8. The number of aryl methyl sites for hydroxylation is 1. The molecular weight excluding hydrogens is 472 g/mol. The van der Waals surface area contributed by atoms with Crippen LogP contribution < -0.4 is 0 Å².